The van der Waals surface area contributed by atoms with Crippen LogP contribution in [0.2, 0.25) is 0 Å². The second kappa shape index (κ2) is 5.69. The van der Waals surface area contributed by atoms with Crippen LogP contribution in [0.4, 0.5) is 0 Å². The van der Waals surface area contributed by atoms with Crippen LogP contribution in [0.1, 0.15) is 57.6 Å². The molecule has 0 saturated heterocycles. The van der Waals surface area contributed by atoms with E-state index in [4.69, 9.17) is 4.74 Å². The highest BCUT2D eigenvalue weighted by Gasteiger charge is 2.42. The zero-order valence-electron chi connectivity index (χ0n) is 12.4. The third-order valence-corrected chi connectivity index (χ3v) is 5.38. The van der Waals surface area contributed by atoms with Crippen LogP contribution in [0.3, 0.4) is 0 Å². The van der Waals surface area contributed by atoms with E-state index in [9.17, 15) is 0 Å². The fourth-order valence-electron chi connectivity index (χ4n) is 3.66. The molecule has 3 heteroatoms. The summed E-state index contributed by atoms with van der Waals surface area (Å²) in [4.78, 5) is 0. The lowest BCUT2D eigenvalue weighted by atomic mass is 9.74. The van der Waals surface area contributed by atoms with E-state index in [0.29, 0.717) is 6.04 Å². The number of hydrogen-bond donors (Lipinski definition) is 1. The van der Waals surface area contributed by atoms with Crippen LogP contribution in [0.5, 0.6) is 5.75 Å². The van der Waals surface area contributed by atoms with Gasteiger partial charge in [-0.15, -0.1) is 0 Å². The summed E-state index contributed by atoms with van der Waals surface area (Å²) in [6.45, 7) is 5.55. The summed E-state index contributed by atoms with van der Waals surface area (Å²) in [7, 11) is 0. The second-order valence-corrected chi connectivity index (χ2v) is 7.38. The fourth-order valence-corrected chi connectivity index (χ4v) is 4.00. The van der Waals surface area contributed by atoms with Crippen molar-refractivity contribution >= 4 is 15.9 Å². The maximum Gasteiger partial charge on any atom is 0.126 e. The fraction of sp³-hybridized carbons (Fsp3) is 0.647. The van der Waals surface area contributed by atoms with Gasteiger partial charge in [-0.05, 0) is 50.3 Å². The van der Waals surface area contributed by atoms with E-state index in [1.165, 1.54) is 31.2 Å². The molecular weight excluding hydrogens is 314 g/mol. The summed E-state index contributed by atoms with van der Waals surface area (Å²) < 4.78 is 7.60. The van der Waals surface area contributed by atoms with Crippen LogP contribution >= 0.6 is 15.9 Å². The van der Waals surface area contributed by atoms with E-state index in [1.54, 1.807) is 0 Å². The average Bonchev–Trinajstić information content (AvgIpc) is 2.42. The van der Waals surface area contributed by atoms with Crippen molar-refractivity contribution in [1.82, 2.24) is 5.32 Å². The highest BCUT2D eigenvalue weighted by molar-refractivity contribution is 9.10. The SMILES string of the molecule is CCNC1CC2(CCC(C)CC2)Oc2cc(Br)ccc21. The molecule has 2 nitrogen and oxygen atoms in total. The first kappa shape index (κ1) is 14.4. The molecule has 1 aromatic rings. The Labute approximate surface area is 130 Å². The second-order valence-electron chi connectivity index (χ2n) is 6.46. The molecule has 3 rings (SSSR count). The Morgan fingerprint density at radius 2 is 2.10 bits per heavy atom. The number of benzene rings is 1. The minimum Gasteiger partial charge on any atom is -0.487 e. The van der Waals surface area contributed by atoms with Crippen LogP contribution in [-0.4, -0.2) is 12.1 Å². The molecule has 0 aromatic heterocycles. The smallest absolute Gasteiger partial charge is 0.126 e. The molecule has 1 unspecified atom stereocenters. The largest absolute Gasteiger partial charge is 0.487 e. The topological polar surface area (TPSA) is 21.3 Å². The molecule has 20 heavy (non-hydrogen) atoms. The number of halogens is 1. The van der Waals surface area contributed by atoms with Crippen LogP contribution in [0.15, 0.2) is 22.7 Å². The maximum absolute atomic E-state index is 6.50. The molecule has 0 bridgehead atoms. The van der Waals surface area contributed by atoms with Crippen LogP contribution in [-0.2, 0) is 0 Å². The number of nitrogens with one attached hydrogen (secondary N) is 1. The van der Waals surface area contributed by atoms with Gasteiger partial charge >= 0.3 is 0 Å². The van der Waals surface area contributed by atoms with Gasteiger partial charge in [-0.3, -0.25) is 0 Å². The molecule has 0 radical (unpaired) electrons. The van der Waals surface area contributed by atoms with E-state index < -0.39 is 0 Å². The molecule has 1 aromatic carbocycles. The van der Waals surface area contributed by atoms with E-state index in [2.05, 4.69) is 53.3 Å². The Morgan fingerprint density at radius 3 is 2.80 bits per heavy atom. The Balaban J connectivity index is 1.91. The molecule has 1 N–H and O–H groups in total. The molecule has 1 aliphatic heterocycles. The Morgan fingerprint density at radius 1 is 1.35 bits per heavy atom. The predicted molar refractivity (Wildman–Crippen MR) is 86.2 cm³/mol. The first-order valence-electron chi connectivity index (χ1n) is 7.84. The normalized spacial score (nSPS) is 32.8. The lowest BCUT2D eigenvalue weighted by molar-refractivity contribution is -0.0126. The third-order valence-electron chi connectivity index (χ3n) is 4.89. The molecule has 2 aliphatic rings. The van der Waals surface area contributed by atoms with Crippen LogP contribution in [0, 0.1) is 5.92 Å². The van der Waals surface area contributed by atoms with Gasteiger partial charge in [0.1, 0.15) is 11.4 Å². The van der Waals surface area contributed by atoms with Crippen molar-refractivity contribution in [3.8, 4) is 5.75 Å². The zero-order chi connectivity index (χ0) is 14.2. The average molecular weight is 338 g/mol. The molecule has 1 atom stereocenters. The van der Waals surface area contributed by atoms with Crippen molar-refractivity contribution in [2.75, 3.05) is 6.54 Å². The minimum absolute atomic E-state index is 0.0626. The Bertz CT molecular complexity index is 480. The molecule has 1 heterocycles. The van der Waals surface area contributed by atoms with Crippen LogP contribution in [0.25, 0.3) is 0 Å². The molecule has 1 fully saturated rings. The van der Waals surface area contributed by atoms with Gasteiger partial charge in [-0.25, -0.2) is 0 Å². The molecule has 1 spiro atoms. The highest BCUT2D eigenvalue weighted by Crippen LogP contribution is 2.47. The van der Waals surface area contributed by atoms with E-state index >= 15 is 0 Å². The van der Waals surface area contributed by atoms with Crippen molar-refractivity contribution in [2.45, 2.75) is 57.6 Å². The lowest BCUT2D eigenvalue weighted by Gasteiger charge is -2.46. The molecule has 0 amide bonds. The van der Waals surface area contributed by atoms with Crippen molar-refractivity contribution in [3.05, 3.63) is 28.2 Å². The lowest BCUT2D eigenvalue weighted by Crippen LogP contribution is -2.46. The van der Waals surface area contributed by atoms with Gasteiger partial charge in [0.2, 0.25) is 0 Å². The predicted octanol–water partition coefficient (Wildman–Crippen LogP) is 4.83. The summed E-state index contributed by atoms with van der Waals surface area (Å²) in [5.41, 5.74) is 1.38. The van der Waals surface area contributed by atoms with Gasteiger partial charge in [0.15, 0.2) is 0 Å². The van der Waals surface area contributed by atoms with Crippen molar-refractivity contribution in [2.24, 2.45) is 5.92 Å². The van der Waals surface area contributed by atoms with Gasteiger partial charge < -0.3 is 10.1 Å². The van der Waals surface area contributed by atoms with Gasteiger partial charge in [0, 0.05) is 22.5 Å². The molecule has 1 aliphatic carbocycles. The molecular formula is C17H24BrNO. The van der Waals surface area contributed by atoms with Gasteiger partial charge in [-0.2, -0.15) is 0 Å². The standard InChI is InChI=1S/C17H24BrNO/c1-3-19-15-11-17(8-6-12(2)7-9-17)20-16-10-13(18)4-5-14(15)16/h4-5,10,12,15,19H,3,6-9,11H2,1-2H3. The minimum atomic E-state index is 0.0626. The summed E-state index contributed by atoms with van der Waals surface area (Å²) in [5.74, 6) is 1.93. The van der Waals surface area contributed by atoms with E-state index in [-0.39, 0.29) is 5.60 Å². The number of ether oxygens (including phenoxy) is 1. The molecule has 1 saturated carbocycles. The Hall–Kier alpha value is -0.540. The zero-order valence-corrected chi connectivity index (χ0v) is 14.0. The van der Waals surface area contributed by atoms with E-state index in [0.717, 1.165) is 29.1 Å². The van der Waals surface area contributed by atoms with Gasteiger partial charge in [0.05, 0.1) is 0 Å². The first-order valence-corrected chi connectivity index (χ1v) is 8.63. The van der Waals surface area contributed by atoms with Crippen LogP contribution < -0.4 is 10.1 Å². The Kier molecular flexibility index (Phi) is 4.09. The summed E-state index contributed by atoms with van der Waals surface area (Å²) in [6, 6.07) is 6.89. The van der Waals surface area contributed by atoms with Gasteiger partial charge in [0.25, 0.3) is 0 Å². The summed E-state index contributed by atoms with van der Waals surface area (Å²) in [6.07, 6.45) is 6.09. The summed E-state index contributed by atoms with van der Waals surface area (Å²) >= 11 is 3.57. The highest BCUT2D eigenvalue weighted by atomic mass is 79.9. The van der Waals surface area contributed by atoms with Crippen molar-refractivity contribution in [3.63, 3.8) is 0 Å². The van der Waals surface area contributed by atoms with Gasteiger partial charge in [-0.1, -0.05) is 35.8 Å². The van der Waals surface area contributed by atoms with Crippen molar-refractivity contribution in [1.29, 1.82) is 0 Å². The number of fused-ring (bicyclic) bond motifs is 1. The first-order chi connectivity index (χ1) is 9.62. The third kappa shape index (κ3) is 2.75. The summed E-state index contributed by atoms with van der Waals surface area (Å²) in [5, 5.41) is 3.65. The number of hydrogen-bond acceptors (Lipinski definition) is 2. The van der Waals surface area contributed by atoms with E-state index in [1.807, 2.05) is 0 Å². The quantitative estimate of drug-likeness (QED) is 0.834. The van der Waals surface area contributed by atoms with Crippen molar-refractivity contribution < 1.29 is 4.74 Å². The molecule has 110 valence electrons. The monoisotopic (exact) mass is 337 g/mol. The number of rotatable bonds is 2. The maximum atomic E-state index is 6.50.